The number of benzene rings is 1. The summed E-state index contributed by atoms with van der Waals surface area (Å²) >= 11 is 0. The molecule has 7 heteroatoms. The number of H-pyrrole nitrogens is 1. The highest BCUT2D eigenvalue weighted by molar-refractivity contribution is 7.89. The van der Waals surface area contributed by atoms with Crippen LogP contribution in [0.1, 0.15) is 25.7 Å². The van der Waals surface area contributed by atoms with Crippen LogP contribution in [0.5, 0.6) is 0 Å². The molecular formula is C15H19N3O3S. The van der Waals surface area contributed by atoms with E-state index in [9.17, 15) is 8.42 Å². The Morgan fingerprint density at radius 3 is 2.77 bits per heavy atom. The third-order valence-corrected chi connectivity index (χ3v) is 6.74. The van der Waals surface area contributed by atoms with Gasteiger partial charge in [-0.3, -0.25) is 0 Å². The summed E-state index contributed by atoms with van der Waals surface area (Å²) in [7, 11) is -3.45. The van der Waals surface area contributed by atoms with Gasteiger partial charge in [0.15, 0.2) is 0 Å². The van der Waals surface area contributed by atoms with Crippen LogP contribution in [0.15, 0.2) is 29.4 Å². The average molecular weight is 321 g/mol. The Bertz CT molecular complexity index is 783. The largest absolute Gasteiger partial charge is 0.375 e. The molecule has 0 amide bonds. The second-order valence-corrected chi connectivity index (χ2v) is 8.06. The monoisotopic (exact) mass is 321 g/mol. The SMILES string of the molecule is O=S(=O)(c1ccc2nc[nH]c2c1)N1CCC2(CCCO2)CC1. The van der Waals surface area contributed by atoms with Crippen molar-refractivity contribution >= 4 is 21.1 Å². The number of aromatic amines is 1. The highest BCUT2D eigenvalue weighted by Gasteiger charge is 2.41. The first-order valence-corrected chi connectivity index (χ1v) is 9.10. The average Bonchev–Trinajstić information content (AvgIpc) is 3.16. The van der Waals surface area contributed by atoms with Crippen LogP contribution in [0.3, 0.4) is 0 Å². The summed E-state index contributed by atoms with van der Waals surface area (Å²) in [5, 5.41) is 0. The van der Waals surface area contributed by atoms with Crippen molar-refractivity contribution in [1.82, 2.24) is 14.3 Å². The molecule has 0 saturated carbocycles. The minimum atomic E-state index is -3.45. The molecule has 118 valence electrons. The zero-order valence-corrected chi connectivity index (χ0v) is 13.1. The third kappa shape index (κ3) is 2.24. The Morgan fingerprint density at radius 1 is 1.23 bits per heavy atom. The predicted octanol–water partition coefficient (Wildman–Crippen LogP) is 1.90. The molecule has 0 aliphatic carbocycles. The van der Waals surface area contributed by atoms with Crippen LogP contribution < -0.4 is 0 Å². The molecule has 1 spiro atoms. The molecule has 1 N–H and O–H groups in total. The molecule has 3 heterocycles. The van der Waals surface area contributed by atoms with Crippen LogP contribution in [0, 0.1) is 0 Å². The van der Waals surface area contributed by atoms with E-state index in [-0.39, 0.29) is 5.60 Å². The van der Waals surface area contributed by atoms with E-state index in [0.29, 0.717) is 18.0 Å². The molecule has 2 saturated heterocycles. The van der Waals surface area contributed by atoms with Gasteiger partial charge in [0.05, 0.1) is 27.9 Å². The van der Waals surface area contributed by atoms with Crippen molar-refractivity contribution in [1.29, 1.82) is 0 Å². The van der Waals surface area contributed by atoms with Crippen LogP contribution in [0.25, 0.3) is 11.0 Å². The van der Waals surface area contributed by atoms with Crippen LogP contribution in [-0.2, 0) is 14.8 Å². The molecule has 2 aliphatic rings. The van der Waals surface area contributed by atoms with E-state index in [4.69, 9.17) is 4.74 Å². The number of piperidine rings is 1. The molecule has 1 aromatic carbocycles. The van der Waals surface area contributed by atoms with Gasteiger partial charge in [-0.1, -0.05) is 0 Å². The van der Waals surface area contributed by atoms with E-state index in [2.05, 4.69) is 9.97 Å². The van der Waals surface area contributed by atoms with Crippen molar-refractivity contribution < 1.29 is 13.2 Å². The molecule has 0 radical (unpaired) electrons. The van der Waals surface area contributed by atoms with Crippen molar-refractivity contribution in [2.75, 3.05) is 19.7 Å². The van der Waals surface area contributed by atoms with E-state index in [1.807, 2.05) is 0 Å². The van der Waals surface area contributed by atoms with Gasteiger partial charge in [0.2, 0.25) is 10.0 Å². The minimum Gasteiger partial charge on any atom is -0.375 e. The maximum atomic E-state index is 12.8. The number of rotatable bonds is 2. The highest BCUT2D eigenvalue weighted by atomic mass is 32.2. The first-order chi connectivity index (χ1) is 10.6. The molecule has 0 unspecified atom stereocenters. The number of nitrogens with one attached hydrogen (secondary N) is 1. The lowest BCUT2D eigenvalue weighted by atomic mass is 9.90. The highest BCUT2D eigenvalue weighted by Crippen LogP contribution is 2.37. The van der Waals surface area contributed by atoms with Gasteiger partial charge in [0.1, 0.15) is 0 Å². The summed E-state index contributed by atoms with van der Waals surface area (Å²) in [5.74, 6) is 0. The molecule has 4 rings (SSSR count). The number of hydrogen-bond acceptors (Lipinski definition) is 4. The second-order valence-electron chi connectivity index (χ2n) is 6.12. The molecule has 2 aromatic rings. The third-order valence-electron chi connectivity index (χ3n) is 4.85. The first kappa shape index (κ1) is 14.2. The fourth-order valence-corrected chi connectivity index (χ4v) is 4.98. The molecule has 6 nitrogen and oxygen atoms in total. The quantitative estimate of drug-likeness (QED) is 0.916. The summed E-state index contributed by atoms with van der Waals surface area (Å²) in [6.45, 7) is 1.87. The number of imidazole rings is 1. The van der Waals surface area contributed by atoms with E-state index in [1.165, 1.54) is 0 Å². The fourth-order valence-electron chi connectivity index (χ4n) is 3.51. The van der Waals surface area contributed by atoms with Crippen LogP contribution in [-0.4, -0.2) is 48.0 Å². The van der Waals surface area contributed by atoms with E-state index in [1.54, 1.807) is 28.8 Å². The Morgan fingerprint density at radius 2 is 2.05 bits per heavy atom. The van der Waals surface area contributed by atoms with Crippen LogP contribution >= 0.6 is 0 Å². The fraction of sp³-hybridized carbons (Fsp3) is 0.533. The number of fused-ring (bicyclic) bond motifs is 1. The molecule has 2 fully saturated rings. The summed E-state index contributed by atoms with van der Waals surface area (Å²) in [6.07, 6.45) is 5.30. The maximum absolute atomic E-state index is 12.8. The Kier molecular flexibility index (Phi) is 3.25. The van der Waals surface area contributed by atoms with Gasteiger partial charge < -0.3 is 9.72 Å². The topological polar surface area (TPSA) is 75.3 Å². The smallest absolute Gasteiger partial charge is 0.243 e. The number of sulfonamides is 1. The number of hydrogen-bond donors (Lipinski definition) is 1. The van der Waals surface area contributed by atoms with Gasteiger partial charge in [0.25, 0.3) is 0 Å². The van der Waals surface area contributed by atoms with E-state index >= 15 is 0 Å². The Labute approximate surface area is 129 Å². The number of nitrogens with zero attached hydrogens (tertiary/aromatic N) is 2. The standard InChI is InChI=1S/C15H19N3O3S/c19-22(20,12-2-3-13-14(10-12)17-11-16-13)18-7-5-15(6-8-18)4-1-9-21-15/h2-3,10-11H,1,4-9H2,(H,16,17). The Hall–Kier alpha value is -1.44. The van der Waals surface area contributed by atoms with Crippen molar-refractivity contribution in [3.8, 4) is 0 Å². The molecule has 0 atom stereocenters. The lowest BCUT2D eigenvalue weighted by molar-refractivity contribution is -0.0309. The van der Waals surface area contributed by atoms with Gasteiger partial charge in [-0.15, -0.1) is 0 Å². The van der Waals surface area contributed by atoms with Crippen molar-refractivity contribution in [3.05, 3.63) is 24.5 Å². The normalized spacial score (nSPS) is 22.5. The zero-order valence-electron chi connectivity index (χ0n) is 12.3. The molecule has 22 heavy (non-hydrogen) atoms. The predicted molar refractivity (Wildman–Crippen MR) is 82.0 cm³/mol. The van der Waals surface area contributed by atoms with Gasteiger partial charge in [-0.2, -0.15) is 4.31 Å². The summed E-state index contributed by atoms with van der Waals surface area (Å²) in [5.41, 5.74) is 1.45. The van der Waals surface area contributed by atoms with E-state index in [0.717, 1.165) is 43.3 Å². The van der Waals surface area contributed by atoms with Crippen LogP contribution in [0.4, 0.5) is 0 Å². The van der Waals surface area contributed by atoms with Gasteiger partial charge in [-0.05, 0) is 43.9 Å². The first-order valence-electron chi connectivity index (χ1n) is 7.66. The van der Waals surface area contributed by atoms with Gasteiger partial charge in [-0.25, -0.2) is 13.4 Å². The summed E-state index contributed by atoms with van der Waals surface area (Å²) < 4.78 is 33.1. The number of aromatic nitrogens is 2. The Balaban J connectivity index is 1.58. The minimum absolute atomic E-state index is 0.0701. The number of ether oxygens (including phenoxy) is 1. The summed E-state index contributed by atoms with van der Waals surface area (Å²) in [6, 6.07) is 5.04. The lowest BCUT2D eigenvalue weighted by Gasteiger charge is -2.37. The molecule has 2 aliphatic heterocycles. The second kappa shape index (κ2) is 5.04. The van der Waals surface area contributed by atoms with Crippen LogP contribution in [0.2, 0.25) is 0 Å². The molecular weight excluding hydrogens is 302 g/mol. The lowest BCUT2D eigenvalue weighted by Crippen LogP contribution is -2.46. The molecule has 1 aromatic heterocycles. The van der Waals surface area contributed by atoms with Crippen molar-refractivity contribution in [2.45, 2.75) is 36.2 Å². The van der Waals surface area contributed by atoms with Crippen molar-refractivity contribution in [2.24, 2.45) is 0 Å². The molecule has 0 bridgehead atoms. The van der Waals surface area contributed by atoms with Crippen molar-refractivity contribution in [3.63, 3.8) is 0 Å². The van der Waals surface area contributed by atoms with Gasteiger partial charge >= 0.3 is 0 Å². The summed E-state index contributed by atoms with van der Waals surface area (Å²) in [4.78, 5) is 7.41. The van der Waals surface area contributed by atoms with Gasteiger partial charge in [0, 0.05) is 19.7 Å². The van der Waals surface area contributed by atoms with E-state index < -0.39 is 10.0 Å². The zero-order chi connectivity index (χ0) is 15.2. The maximum Gasteiger partial charge on any atom is 0.243 e.